The molecule has 0 amide bonds. The molecular formula is C14H22N2O4. The normalized spacial score (nSPS) is 10.3. The zero-order valence-corrected chi connectivity index (χ0v) is 12.0. The van der Waals surface area contributed by atoms with Crippen LogP contribution in [0, 0.1) is 5.41 Å². The smallest absolute Gasteiger partial charge is 0.161 e. The Balaban J connectivity index is 2.38. The molecule has 0 unspecified atom stereocenters. The van der Waals surface area contributed by atoms with Gasteiger partial charge in [0.2, 0.25) is 0 Å². The Bertz CT molecular complexity index is 424. The highest BCUT2D eigenvalue weighted by Crippen LogP contribution is 2.27. The van der Waals surface area contributed by atoms with Crippen LogP contribution in [-0.2, 0) is 9.47 Å². The summed E-state index contributed by atoms with van der Waals surface area (Å²) in [5.41, 5.74) is 6.03. The van der Waals surface area contributed by atoms with Gasteiger partial charge in [-0.2, -0.15) is 0 Å². The van der Waals surface area contributed by atoms with Gasteiger partial charge in [-0.25, -0.2) is 0 Å². The van der Waals surface area contributed by atoms with E-state index in [2.05, 4.69) is 0 Å². The summed E-state index contributed by atoms with van der Waals surface area (Å²) in [5, 5.41) is 7.38. The van der Waals surface area contributed by atoms with Crippen LogP contribution in [0.4, 0.5) is 0 Å². The summed E-state index contributed by atoms with van der Waals surface area (Å²) in [4.78, 5) is 0. The van der Waals surface area contributed by atoms with E-state index in [0.29, 0.717) is 43.5 Å². The van der Waals surface area contributed by atoms with Gasteiger partial charge in [0, 0.05) is 25.9 Å². The maximum atomic E-state index is 7.38. The number of amidine groups is 1. The lowest BCUT2D eigenvalue weighted by Gasteiger charge is -2.12. The molecule has 1 aromatic carbocycles. The molecule has 0 atom stereocenters. The van der Waals surface area contributed by atoms with Gasteiger partial charge in [-0.3, -0.25) is 5.41 Å². The summed E-state index contributed by atoms with van der Waals surface area (Å²) in [5.74, 6) is 1.16. The third-order valence-corrected chi connectivity index (χ3v) is 2.60. The molecule has 0 fully saturated rings. The molecule has 0 saturated carbocycles. The van der Waals surface area contributed by atoms with Crippen LogP contribution in [0.15, 0.2) is 18.2 Å². The lowest BCUT2D eigenvalue weighted by molar-refractivity contribution is 0.0799. The van der Waals surface area contributed by atoms with Crippen molar-refractivity contribution in [3.05, 3.63) is 23.8 Å². The summed E-state index contributed by atoms with van der Waals surface area (Å²) < 4.78 is 21.1. The van der Waals surface area contributed by atoms with Crippen LogP contribution in [0.2, 0.25) is 0 Å². The first-order valence-corrected chi connectivity index (χ1v) is 6.41. The minimum absolute atomic E-state index is 0.00340. The summed E-state index contributed by atoms with van der Waals surface area (Å²) in [7, 11) is 3.22. The third kappa shape index (κ3) is 5.46. The molecule has 0 spiro atoms. The average Bonchev–Trinajstić information content (AvgIpc) is 2.46. The molecule has 112 valence electrons. The monoisotopic (exact) mass is 282 g/mol. The second-order valence-electron chi connectivity index (χ2n) is 4.09. The number of hydrogen-bond acceptors (Lipinski definition) is 5. The van der Waals surface area contributed by atoms with Crippen molar-refractivity contribution in [3.8, 4) is 11.5 Å². The number of benzene rings is 1. The van der Waals surface area contributed by atoms with E-state index >= 15 is 0 Å². The van der Waals surface area contributed by atoms with Crippen LogP contribution >= 0.6 is 0 Å². The molecule has 0 heterocycles. The maximum Gasteiger partial charge on any atom is 0.161 e. The van der Waals surface area contributed by atoms with Crippen molar-refractivity contribution in [2.45, 2.75) is 6.42 Å². The first-order valence-electron chi connectivity index (χ1n) is 6.41. The fraction of sp³-hybridized carbons (Fsp3) is 0.500. The molecule has 0 aliphatic carbocycles. The Labute approximate surface area is 119 Å². The standard InChI is InChI=1S/C14H22N2O4/c1-17-6-3-7-19-8-9-20-12-5-4-11(14(15)16)10-13(12)18-2/h4-5,10H,3,6-9H2,1-2H3,(H3,15,16). The Hall–Kier alpha value is -1.79. The van der Waals surface area contributed by atoms with E-state index in [1.807, 2.05) is 0 Å². The van der Waals surface area contributed by atoms with Gasteiger partial charge in [0.25, 0.3) is 0 Å². The Morgan fingerprint density at radius 1 is 1.10 bits per heavy atom. The number of nitrogens with one attached hydrogen (secondary N) is 1. The SMILES string of the molecule is COCCCOCCOc1ccc(C(=N)N)cc1OC. The van der Waals surface area contributed by atoms with Crippen LogP contribution in [0.25, 0.3) is 0 Å². The van der Waals surface area contributed by atoms with Gasteiger partial charge in [-0.15, -0.1) is 0 Å². The minimum Gasteiger partial charge on any atom is -0.493 e. The molecule has 6 heteroatoms. The molecular weight excluding hydrogens is 260 g/mol. The van der Waals surface area contributed by atoms with Crippen molar-refractivity contribution >= 4 is 5.84 Å². The van der Waals surface area contributed by atoms with Crippen LogP contribution in [0.1, 0.15) is 12.0 Å². The third-order valence-electron chi connectivity index (χ3n) is 2.60. The lowest BCUT2D eigenvalue weighted by Crippen LogP contribution is -2.12. The molecule has 0 aromatic heterocycles. The number of nitrogens with two attached hydrogens (primary N) is 1. The molecule has 0 aliphatic rings. The van der Waals surface area contributed by atoms with Gasteiger partial charge >= 0.3 is 0 Å². The van der Waals surface area contributed by atoms with Crippen LogP contribution < -0.4 is 15.2 Å². The highest BCUT2D eigenvalue weighted by molar-refractivity contribution is 5.95. The van der Waals surface area contributed by atoms with Gasteiger partial charge in [-0.05, 0) is 24.6 Å². The topological polar surface area (TPSA) is 86.8 Å². The predicted octanol–water partition coefficient (Wildman–Crippen LogP) is 1.41. The molecule has 0 radical (unpaired) electrons. The van der Waals surface area contributed by atoms with Crippen molar-refractivity contribution in [2.24, 2.45) is 5.73 Å². The van der Waals surface area contributed by atoms with Gasteiger partial charge in [0.05, 0.1) is 13.7 Å². The Morgan fingerprint density at radius 3 is 2.55 bits per heavy atom. The quantitative estimate of drug-likeness (QED) is 0.385. The van der Waals surface area contributed by atoms with E-state index in [1.54, 1.807) is 32.4 Å². The minimum atomic E-state index is -0.00340. The molecule has 1 rings (SSSR count). The van der Waals surface area contributed by atoms with E-state index in [1.165, 1.54) is 0 Å². The van der Waals surface area contributed by atoms with E-state index in [0.717, 1.165) is 6.42 Å². The van der Waals surface area contributed by atoms with Crippen molar-refractivity contribution in [1.82, 2.24) is 0 Å². The maximum absolute atomic E-state index is 7.38. The largest absolute Gasteiger partial charge is 0.493 e. The summed E-state index contributed by atoms with van der Waals surface area (Å²) in [6, 6.07) is 5.14. The molecule has 0 saturated heterocycles. The fourth-order valence-electron chi connectivity index (χ4n) is 1.57. The zero-order valence-electron chi connectivity index (χ0n) is 12.0. The zero-order chi connectivity index (χ0) is 14.8. The van der Waals surface area contributed by atoms with Crippen molar-refractivity contribution < 1.29 is 18.9 Å². The number of ether oxygens (including phenoxy) is 4. The summed E-state index contributed by atoms with van der Waals surface area (Å²) >= 11 is 0. The van der Waals surface area contributed by atoms with E-state index in [-0.39, 0.29) is 5.84 Å². The molecule has 0 aliphatic heterocycles. The van der Waals surface area contributed by atoms with E-state index in [9.17, 15) is 0 Å². The summed E-state index contributed by atoms with van der Waals surface area (Å²) in [6.45, 7) is 2.28. The first-order chi connectivity index (χ1) is 9.69. The lowest BCUT2D eigenvalue weighted by atomic mass is 10.2. The number of hydrogen-bond donors (Lipinski definition) is 2. The number of methoxy groups -OCH3 is 2. The van der Waals surface area contributed by atoms with Gasteiger partial charge < -0.3 is 24.7 Å². The highest BCUT2D eigenvalue weighted by Gasteiger charge is 2.07. The molecule has 6 nitrogen and oxygen atoms in total. The van der Waals surface area contributed by atoms with Gasteiger partial charge in [0.15, 0.2) is 11.5 Å². The van der Waals surface area contributed by atoms with E-state index < -0.39 is 0 Å². The second-order valence-corrected chi connectivity index (χ2v) is 4.09. The van der Waals surface area contributed by atoms with Crippen LogP contribution in [0.5, 0.6) is 11.5 Å². The van der Waals surface area contributed by atoms with Crippen LogP contribution in [0.3, 0.4) is 0 Å². The highest BCUT2D eigenvalue weighted by atomic mass is 16.5. The van der Waals surface area contributed by atoms with Crippen LogP contribution in [-0.4, -0.2) is 46.5 Å². The number of rotatable bonds is 10. The number of nitrogen functional groups attached to an aromatic ring is 1. The average molecular weight is 282 g/mol. The van der Waals surface area contributed by atoms with Crippen molar-refractivity contribution in [1.29, 1.82) is 5.41 Å². The first kappa shape index (κ1) is 16.3. The molecule has 1 aromatic rings. The Kier molecular flexibility index (Phi) is 7.46. The fourth-order valence-corrected chi connectivity index (χ4v) is 1.57. The molecule has 3 N–H and O–H groups in total. The van der Waals surface area contributed by atoms with Gasteiger partial charge in [0.1, 0.15) is 12.4 Å². The molecule has 0 bridgehead atoms. The second kappa shape index (κ2) is 9.17. The van der Waals surface area contributed by atoms with Gasteiger partial charge in [-0.1, -0.05) is 0 Å². The van der Waals surface area contributed by atoms with Crippen molar-refractivity contribution in [3.63, 3.8) is 0 Å². The molecule has 20 heavy (non-hydrogen) atoms. The predicted molar refractivity (Wildman–Crippen MR) is 76.8 cm³/mol. The van der Waals surface area contributed by atoms with Crippen molar-refractivity contribution in [2.75, 3.05) is 40.6 Å². The van der Waals surface area contributed by atoms with E-state index in [4.69, 9.17) is 30.1 Å². The summed E-state index contributed by atoms with van der Waals surface area (Å²) in [6.07, 6.45) is 0.868. The Morgan fingerprint density at radius 2 is 1.90 bits per heavy atom.